The fourth-order valence-electron chi connectivity index (χ4n) is 9.76. The van der Waals surface area contributed by atoms with Crippen molar-refractivity contribution in [1.29, 1.82) is 0 Å². The van der Waals surface area contributed by atoms with E-state index in [4.69, 9.17) is 0 Å². The van der Waals surface area contributed by atoms with Crippen molar-refractivity contribution in [2.45, 2.75) is 63.2 Å². The number of fused-ring (bicyclic) bond motifs is 1. The molecule has 0 aliphatic heterocycles. The topological polar surface area (TPSA) is 6.48 Å². The Balaban J connectivity index is 0.898. The molecule has 3 aromatic rings. The third-order valence-corrected chi connectivity index (χ3v) is 13.1. The smallest absolute Gasteiger partial charge is 0.0461 e. The molecule has 60 heavy (non-hydrogen) atoms. The Hall–Kier alpha value is -6.38. The summed E-state index contributed by atoms with van der Waals surface area (Å²) in [5.74, 6) is 1.59. The van der Waals surface area contributed by atoms with Gasteiger partial charge in [0.15, 0.2) is 0 Å². The molecule has 0 bridgehead atoms. The quantitative estimate of drug-likeness (QED) is 0.202. The number of hydrogen-bond donors (Lipinski definition) is 0. The highest BCUT2D eigenvalue weighted by Gasteiger charge is 2.27. The predicted molar refractivity (Wildman–Crippen MR) is 253 cm³/mol. The van der Waals surface area contributed by atoms with E-state index in [2.05, 4.69) is 216 Å². The summed E-state index contributed by atoms with van der Waals surface area (Å²) in [5.41, 5.74) is 15.8. The van der Waals surface area contributed by atoms with Crippen molar-refractivity contribution in [3.8, 4) is 0 Å². The molecule has 0 saturated carbocycles. The van der Waals surface area contributed by atoms with Crippen LogP contribution >= 0.6 is 0 Å². The van der Waals surface area contributed by atoms with Gasteiger partial charge in [0, 0.05) is 57.8 Å². The number of allylic oxidation sites excluding steroid dienone is 25. The summed E-state index contributed by atoms with van der Waals surface area (Å²) < 4.78 is 0. The van der Waals surface area contributed by atoms with E-state index < -0.39 is 0 Å². The monoisotopic (exact) mass is 778 g/mol. The molecule has 0 fully saturated rings. The molecule has 2 nitrogen and oxygen atoms in total. The van der Waals surface area contributed by atoms with Crippen LogP contribution in [0.25, 0.3) is 5.57 Å². The molecule has 7 aliphatic carbocycles. The Morgan fingerprint density at radius 3 is 1.73 bits per heavy atom. The third-order valence-electron chi connectivity index (χ3n) is 13.1. The minimum atomic E-state index is 0.319. The Labute approximate surface area is 357 Å². The number of hydrogen-bond acceptors (Lipinski definition) is 2. The normalized spacial score (nSPS) is 24.0. The zero-order valence-electron chi connectivity index (χ0n) is 34.5. The number of anilines is 2. The van der Waals surface area contributed by atoms with Crippen LogP contribution in [0.4, 0.5) is 11.4 Å². The van der Waals surface area contributed by atoms with Crippen LogP contribution in [0.1, 0.15) is 79.9 Å². The summed E-state index contributed by atoms with van der Waals surface area (Å²) in [6.45, 7) is 0. The van der Waals surface area contributed by atoms with Crippen molar-refractivity contribution >= 4 is 16.9 Å². The molecule has 0 N–H and O–H groups in total. The maximum Gasteiger partial charge on any atom is 0.0461 e. The summed E-state index contributed by atoms with van der Waals surface area (Å²) in [6.07, 6.45) is 57.6. The first kappa shape index (κ1) is 37.9. The average molecular weight is 779 g/mol. The minimum absolute atomic E-state index is 0.319. The molecule has 3 aromatic carbocycles. The van der Waals surface area contributed by atoms with Crippen LogP contribution in [0.3, 0.4) is 0 Å². The van der Waals surface area contributed by atoms with Crippen LogP contribution in [0.5, 0.6) is 0 Å². The second-order valence-electron chi connectivity index (χ2n) is 16.9. The van der Waals surface area contributed by atoms with Crippen molar-refractivity contribution in [2.75, 3.05) is 4.90 Å². The van der Waals surface area contributed by atoms with Crippen molar-refractivity contribution < 1.29 is 0 Å². The minimum Gasteiger partial charge on any atom is -0.315 e. The van der Waals surface area contributed by atoms with Gasteiger partial charge >= 0.3 is 0 Å². The van der Waals surface area contributed by atoms with E-state index in [9.17, 15) is 0 Å². The molecule has 0 spiro atoms. The van der Waals surface area contributed by atoms with E-state index in [1.54, 1.807) is 0 Å². The molecule has 10 rings (SSSR count). The molecule has 0 heterocycles. The number of rotatable bonds is 10. The van der Waals surface area contributed by atoms with Crippen molar-refractivity contribution in [1.82, 2.24) is 4.90 Å². The van der Waals surface area contributed by atoms with E-state index in [1.807, 2.05) is 0 Å². The Morgan fingerprint density at radius 2 is 1.10 bits per heavy atom. The highest BCUT2D eigenvalue weighted by molar-refractivity contribution is 5.75. The first-order valence-corrected chi connectivity index (χ1v) is 22.2. The van der Waals surface area contributed by atoms with Gasteiger partial charge in [-0.2, -0.15) is 0 Å². The summed E-state index contributed by atoms with van der Waals surface area (Å²) in [4.78, 5) is 4.96. The lowest BCUT2D eigenvalue weighted by atomic mass is 9.85. The Kier molecular flexibility index (Phi) is 11.0. The lowest BCUT2D eigenvalue weighted by Gasteiger charge is -2.36. The molecular weight excluding hydrogens is 725 g/mol. The largest absolute Gasteiger partial charge is 0.315 e. The molecule has 0 amide bonds. The van der Waals surface area contributed by atoms with Gasteiger partial charge in [-0.05, 0) is 133 Å². The van der Waals surface area contributed by atoms with Gasteiger partial charge in [0.2, 0.25) is 0 Å². The van der Waals surface area contributed by atoms with Gasteiger partial charge < -0.3 is 9.80 Å². The van der Waals surface area contributed by atoms with Crippen LogP contribution in [-0.4, -0.2) is 4.90 Å². The zero-order chi connectivity index (χ0) is 40.1. The maximum atomic E-state index is 2.53. The van der Waals surface area contributed by atoms with Gasteiger partial charge in [-0.25, -0.2) is 0 Å². The first-order chi connectivity index (χ1) is 29.7. The lowest BCUT2D eigenvalue weighted by molar-refractivity contribution is 0.492. The standard InChI is InChI=1S/C58H54N2/c1-4-12-43(13-5-1)47-20-31-53(32-21-47)59(54-33-22-48(23-34-54)44-14-6-2-7-15-44)55-35-26-50(27-36-55)51-28-39-57(40-29-51)60(58-41-30-46-18-10-11-19-52(46)42-58)56-37-24-49(25-38-56)45-16-8-3-9-17-45/h1-2,4-6,8,10-14,16-20,22-24,26-28,30-41,47,49,51-52H,3,7,9,15,21,25,29,42H2. The third kappa shape index (κ3) is 8.12. The molecule has 0 aromatic heterocycles. The summed E-state index contributed by atoms with van der Waals surface area (Å²) in [5, 5.41) is 0. The van der Waals surface area contributed by atoms with E-state index in [0.29, 0.717) is 23.7 Å². The second kappa shape index (κ2) is 17.5. The average Bonchev–Trinajstić information content (AvgIpc) is 3.34. The van der Waals surface area contributed by atoms with Gasteiger partial charge in [0.05, 0.1) is 0 Å². The fraction of sp³-hybridized carbons (Fsp3) is 0.207. The molecule has 4 atom stereocenters. The van der Waals surface area contributed by atoms with E-state index in [0.717, 1.165) is 51.4 Å². The van der Waals surface area contributed by atoms with Crippen molar-refractivity contribution in [2.24, 2.45) is 11.8 Å². The van der Waals surface area contributed by atoms with Crippen LogP contribution in [0, 0.1) is 11.8 Å². The van der Waals surface area contributed by atoms with E-state index in [-0.39, 0.29) is 0 Å². The van der Waals surface area contributed by atoms with Crippen LogP contribution < -0.4 is 4.90 Å². The first-order valence-electron chi connectivity index (χ1n) is 22.2. The molecule has 0 radical (unpaired) electrons. The Morgan fingerprint density at radius 1 is 0.433 bits per heavy atom. The van der Waals surface area contributed by atoms with Crippen LogP contribution in [-0.2, 0) is 0 Å². The summed E-state index contributed by atoms with van der Waals surface area (Å²) in [7, 11) is 0. The van der Waals surface area contributed by atoms with Crippen LogP contribution in [0.2, 0.25) is 0 Å². The predicted octanol–water partition coefficient (Wildman–Crippen LogP) is 15.1. The molecule has 7 aliphatic rings. The highest BCUT2D eigenvalue weighted by Crippen LogP contribution is 2.41. The summed E-state index contributed by atoms with van der Waals surface area (Å²) >= 11 is 0. The van der Waals surface area contributed by atoms with Crippen LogP contribution in [0.15, 0.2) is 240 Å². The SMILES string of the molecule is C1=CCCC(c2ccc(N(C3=CCC(c4ccccc4)C=C3)c3ccc(C4C=CC(N(C5=CCC(C6=CCCC=C6)C=C5)C5=CC=C6C=CC=CC6C5)=CC4)cc3)cc2)=C1. The molecule has 0 saturated heterocycles. The van der Waals surface area contributed by atoms with Gasteiger partial charge in [0.1, 0.15) is 0 Å². The van der Waals surface area contributed by atoms with E-state index >= 15 is 0 Å². The number of nitrogens with zero attached hydrogens (tertiary/aromatic N) is 2. The zero-order valence-corrected chi connectivity index (χ0v) is 34.5. The van der Waals surface area contributed by atoms with Gasteiger partial charge in [-0.1, -0.05) is 158 Å². The second-order valence-corrected chi connectivity index (χ2v) is 16.9. The molecular formula is C58H54N2. The Bertz CT molecular complexity index is 2530. The van der Waals surface area contributed by atoms with Gasteiger partial charge in [0.25, 0.3) is 0 Å². The number of benzene rings is 3. The fourth-order valence-corrected chi connectivity index (χ4v) is 9.76. The summed E-state index contributed by atoms with van der Waals surface area (Å²) in [6, 6.07) is 29.4. The van der Waals surface area contributed by atoms with Gasteiger partial charge in [-0.3, -0.25) is 0 Å². The highest BCUT2D eigenvalue weighted by atomic mass is 15.2. The van der Waals surface area contributed by atoms with Crippen molar-refractivity contribution in [3.05, 3.63) is 257 Å². The maximum absolute atomic E-state index is 2.53. The molecule has 4 unspecified atom stereocenters. The van der Waals surface area contributed by atoms with Gasteiger partial charge in [-0.15, -0.1) is 0 Å². The molecule has 2 heteroatoms. The molecule has 296 valence electrons. The van der Waals surface area contributed by atoms with Crippen molar-refractivity contribution in [3.63, 3.8) is 0 Å². The lowest BCUT2D eigenvalue weighted by Crippen LogP contribution is -2.26. The van der Waals surface area contributed by atoms with E-state index in [1.165, 1.54) is 67.6 Å².